The van der Waals surface area contributed by atoms with Gasteiger partial charge in [0.25, 0.3) is 0 Å². The van der Waals surface area contributed by atoms with Crippen LogP contribution in [0.25, 0.3) is 0 Å². The molecule has 0 aliphatic rings. The summed E-state index contributed by atoms with van der Waals surface area (Å²) in [5, 5.41) is 0. The number of rotatable bonds is 4. The van der Waals surface area contributed by atoms with Gasteiger partial charge in [0, 0.05) is 24.6 Å². The molecule has 0 aliphatic heterocycles. The van der Waals surface area contributed by atoms with Crippen LogP contribution < -0.4 is 4.57 Å². The van der Waals surface area contributed by atoms with Crippen LogP contribution in [-0.2, 0) is 16.7 Å². The molecule has 0 unspecified atom stereocenters. The van der Waals surface area contributed by atoms with Crippen molar-refractivity contribution in [2.75, 3.05) is 0 Å². The van der Waals surface area contributed by atoms with Crippen molar-refractivity contribution in [2.45, 2.75) is 18.4 Å². The lowest BCUT2D eigenvalue weighted by Crippen LogP contribution is -2.39. The third-order valence-corrected chi connectivity index (χ3v) is 4.38. The fraction of sp³-hybridized carbons (Fsp3) is 0.100. The average molecular weight is 369 g/mol. The molecule has 0 spiro atoms. The normalized spacial score (nSPS) is 10.5. The fourth-order valence-corrected chi connectivity index (χ4v) is 2.79. The van der Waals surface area contributed by atoms with Crippen LogP contribution in [0.2, 0.25) is 0 Å². The van der Waals surface area contributed by atoms with Crippen molar-refractivity contribution in [1.82, 2.24) is 0 Å². The topological polar surface area (TPSA) is 78.1 Å². The number of hydrogen-bond acceptors (Lipinski definition) is 4. The molecule has 0 atom stereocenters. The molecule has 0 amide bonds. The predicted octanol–water partition coefficient (Wildman–Crippen LogP) is 2.82. The van der Waals surface area contributed by atoms with Crippen LogP contribution in [0.1, 0.15) is 23.0 Å². The quantitative estimate of drug-likeness (QED) is 0.402. The molecule has 134 valence electrons. The summed E-state index contributed by atoms with van der Waals surface area (Å²) in [6.45, 7) is 2.33. The summed E-state index contributed by atoms with van der Waals surface area (Å²) in [6.07, 6.45) is 1.93. The van der Waals surface area contributed by atoms with Crippen molar-refractivity contribution in [2.24, 2.45) is 0 Å². The molecular weight excluding hydrogens is 350 g/mol. The lowest BCUT2D eigenvalue weighted by atomic mass is 10.2. The Morgan fingerprint density at radius 3 is 1.92 bits per heavy atom. The first-order valence-corrected chi connectivity index (χ1v) is 9.33. The minimum Gasteiger partial charge on any atom is -0.744 e. The number of carbonyl (C=O) groups is 1. The van der Waals surface area contributed by atoms with E-state index in [4.69, 9.17) is 0 Å². The van der Waals surface area contributed by atoms with Crippen LogP contribution >= 0.6 is 0 Å². The van der Waals surface area contributed by atoms with Crippen molar-refractivity contribution in [3.8, 4) is 0 Å². The first-order valence-electron chi connectivity index (χ1n) is 7.92. The first-order chi connectivity index (χ1) is 12.4. The molecule has 0 radical (unpaired) electrons. The van der Waals surface area contributed by atoms with E-state index < -0.39 is 10.1 Å². The number of benzene rings is 2. The number of nitrogens with zero attached hydrogens (tertiary/aromatic N) is 1. The maximum absolute atomic E-state index is 11.4. The number of hydrogen-bond donors (Lipinski definition) is 0. The van der Waals surface area contributed by atoms with Gasteiger partial charge in [-0.3, -0.25) is 4.79 Å². The van der Waals surface area contributed by atoms with Crippen molar-refractivity contribution < 1.29 is 22.3 Å². The van der Waals surface area contributed by atoms with E-state index in [2.05, 4.69) is 12.1 Å². The molecule has 0 bridgehead atoms. The second-order valence-corrected chi connectivity index (χ2v) is 6.90. The van der Waals surface area contributed by atoms with Gasteiger partial charge < -0.3 is 4.55 Å². The Labute approximate surface area is 153 Å². The molecule has 0 aliphatic carbocycles. The van der Waals surface area contributed by atoms with Gasteiger partial charge in [-0.2, -0.15) is 4.57 Å². The minimum atomic E-state index is -4.25. The highest BCUT2D eigenvalue weighted by Gasteiger charge is 2.13. The van der Waals surface area contributed by atoms with Gasteiger partial charge in [-0.15, -0.1) is 0 Å². The molecule has 1 heterocycles. The maximum Gasteiger partial charge on any atom is 0.248 e. The van der Waals surface area contributed by atoms with Crippen molar-refractivity contribution in [3.63, 3.8) is 0 Å². The molecule has 2 aromatic carbocycles. The van der Waals surface area contributed by atoms with Crippen LogP contribution in [0.15, 0.2) is 90.0 Å². The second-order valence-electron chi connectivity index (χ2n) is 5.52. The largest absolute Gasteiger partial charge is 0.744 e. The third-order valence-electron chi connectivity index (χ3n) is 3.53. The Morgan fingerprint density at radius 2 is 1.42 bits per heavy atom. The molecule has 0 saturated carbocycles. The Morgan fingerprint density at radius 1 is 0.885 bits per heavy atom. The fourth-order valence-electron chi connectivity index (χ4n) is 2.30. The Hall–Kier alpha value is -2.83. The summed E-state index contributed by atoms with van der Waals surface area (Å²) in [4.78, 5) is 11.3. The van der Waals surface area contributed by atoms with Gasteiger partial charge in [-0.1, -0.05) is 48.5 Å². The number of carbonyl (C=O) groups excluding carboxylic acids is 1. The number of aromatic nitrogens is 1. The van der Waals surface area contributed by atoms with E-state index in [1.807, 2.05) is 47.2 Å². The number of pyridine rings is 1. The van der Waals surface area contributed by atoms with Gasteiger partial charge in [-0.05, 0) is 18.2 Å². The monoisotopic (exact) mass is 369 g/mol. The van der Waals surface area contributed by atoms with Crippen LogP contribution in [0.5, 0.6) is 0 Å². The predicted molar refractivity (Wildman–Crippen MR) is 96.6 cm³/mol. The molecule has 0 N–H and O–H groups in total. The molecule has 0 fully saturated rings. The molecular formula is C20H19NO4S. The van der Waals surface area contributed by atoms with E-state index in [9.17, 15) is 17.8 Å². The highest BCUT2D eigenvalue weighted by molar-refractivity contribution is 7.85. The van der Waals surface area contributed by atoms with E-state index in [-0.39, 0.29) is 10.7 Å². The molecule has 6 heteroatoms. The van der Waals surface area contributed by atoms with E-state index in [1.54, 1.807) is 13.0 Å². The zero-order valence-corrected chi connectivity index (χ0v) is 15.1. The highest BCUT2D eigenvalue weighted by Crippen LogP contribution is 2.05. The van der Waals surface area contributed by atoms with Gasteiger partial charge in [0.1, 0.15) is 10.1 Å². The van der Waals surface area contributed by atoms with Gasteiger partial charge in [-0.25, -0.2) is 8.42 Å². The van der Waals surface area contributed by atoms with E-state index in [0.29, 0.717) is 0 Å². The van der Waals surface area contributed by atoms with E-state index in [0.717, 1.165) is 12.2 Å². The van der Waals surface area contributed by atoms with Gasteiger partial charge in [0.15, 0.2) is 12.7 Å². The zero-order chi connectivity index (χ0) is 19.0. The number of Topliss-reactive ketones (excluding diaryl/α,β-unsaturated/α-hetero) is 1. The summed E-state index contributed by atoms with van der Waals surface area (Å²) < 4.78 is 32.8. The van der Waals surface area contributed by atoms with Crippen LogP contribution in [0.4, 0.5) is 0 Å². The summed E-state index contributed by atoms with van der Waals surface area (Å²) in [6, 6.07) is 23.0. The highest BCUT2D eigenvalue weighted by atomic mass is 32.2. The van der Waals surface area contributed by atoms with Gasteiger partial charge in [0.2, 0.25) is 11.5 Å². The van der Waals surface area contributed by atoms with Gasteiger partial charge in [0.05, 0.1) is 4.90 Å². The van der Waals surface area contributed by atoms with Crippen LogP contribution in [-0.4, -0.2) is 18.8 Å². The van der Waals surface area contributed by atoms with Crippen molar-refractivity contribution >= 4 is 15.9 Å². The Kier molecular flexibility index (Phi) is 6.77. The summed E-state index contributed by atoms with van der Waals surface area (Å²) in [5.41, 5.74) is 1.94. The Bertz CT molecular complexity index is 955. The molecule has 5 nitrogen and oxygen atoms in total. The maximum atomic E-state index is 11.4. The number of ketones is 1. The minimum absolute atomic E-state index is 0.0940. The van der Waals surface area contributed by atoms with E-state index >= 15 is 0 Å². The SMILES string of the molecule is CC(=O)c1cccc[n+]1Cc1ccccc1.O=S(=O)([O-])c1ccccc1. The molecule has 3 rings (SSSR count). The lowest BCUT2D eigenvalue weighted by molar-refractivity contribution is -0.690. The summed E-state index contributed by atoms with van der Waals surface area (Å²) >= 11 is 0. The average Bonchev–Trinajstić information content (AvgIpc) is 2.63. The van der Waals surface area contributed by atoms with Crippen LogP contribution in [0, 0.1) is 0 Å². The summed E-state index contributed by atoms with van der Waals surface area (Å²) in [7, 11) is -4.25. The van der Waals surface area contributed by atoms with Crippen molar-refractivity contribution in [3.05, 3.63) is 96.3 Å². The van der Waals surface area contributed by atoms with Gasteiger partial charge >= 0.3 is 0 Å². The van der Waals surface area contributed by atoms with Crippen LogP contribution in [0.3, 0.4) is 0 Å². The van der Waals surface area contributed by atoms with Crippen molar-refractivity contribution in [1.29, 1.82) is 0 Å². The molecule has 3 aromatic rings. The third kappa shape index (κ3) is 5.91. The zero-order valence-electron chi connectivity index (χ0n) is 14.3. The molecule has 26 heavy (non-hydrogen) atoms. The first kappa shape index (κ1) is 19.5. The second kappa shape index (κ2) is 9.03. The molecule has 1 aromatic heterocycles. The van der Waals surface area contributed by atoms with E-state index in [1.165, 1.54) is 29.8 Å². The Balaban J connectivity index is 0.000000209. The lowest BCUT2D eigenvalue weighted by Gasteiger charge is -2.04. The standard InChI is InChI=1S/C14H14NO.C6H6O3S/c1-12(16)14-9-5-6-10-15(14)11-13-7-3-2-4-8-13;7-10(8,9)6-4-2-1-3-5-6/h2-10H,11H2,1H3;1-5H,(H,7,8,9)/q+1;/p-1. The molecule has 0 saturated heterocycles. The summed E-state index contributed by atoms with van der Waals surface area (Å²) in [5.74, 6) is 0.0940. The smallest absolute Gasteiger partial charge is 0.248 e.